The Morgan fingerprint density at radius 1 is 1.09 bits per heavy atom. The predicted molar refractivity (Wildman–Crippen MR) is 118 cm³/mol. The molecule has 2 aromatic carbocycles. The zero-order valence-corrected chi connectivity index (χ0v) is 18.4. The van der Waals surface area contributed by atoms with Crippen LogP contribution in [-0.4, -0.2) is 48.3 Å². The van der Waals surface area contributed by atoms with Gasteiger partial charge in [0, 0.05) is 36.2 Å². The number of alkyl halides is 3. The van der Waals surface area contributed by atoms with Crippen LogP contribution in [0.5, 0.6) is 5.06 Å². The molecule has 1 aromatic heterocycles. The monoisotopic (exact) mass is 477 g/mol. The number of nitrogens with zero attached hydrogens (tertiary/aromatic N) is 1. The van der Waals surface area contributed by atoms with Gasteiger partial charge in [-0.2, -0.15) is 13.2 Å². The molecule has 1 amide bonds. The van der Waals surface area contributed by atoms with Gasteiger partial charge >= 0.3 is 6.18 Å². The van der Waals surface area contributed by atoms with E-state index in [-0.39, 0.29) is 25.2 Å². The zero-order valence-electron chi connectivity index (χ0n) is 17.6. The van der Waals surface area contributed by atoms with Gasteiger partial charge in [-0.1, -0.05) is 29.5 Å². The lowest BCUT2D eigenvalue weighted by molar-refractivity contribution is -0.184. The summed E-state index contributed by atoms with van der Waals surface area (Å²) >= 11 is 1.20. The first-order valence-corrected chi connectivity index (χ1v) is 11.5. The van der Waals surface area contributed by atoms with E-state index >= 15 is 0 Å². The minimum absolute atomic E-state index is 0.0709. The highest BCUT2D eigenvalue weighted by molar-refractivity contribution is 7.20. The SMILES string of the molecule is O=C(c1ccc(C2(O)COC2)cc1)N1CCC(Oc2cc3ccc(C(F)(F)F)cc3s2)CC1. The molecule has 0 unspecified atom stereocenters. The summed E-state index contributed by atoms with van der Waals surface area (Å²) in [5, 5.41) is 11.6. The molecule has 3 heterocycles. The molecular weight excluding hydrogens is 455 g/mol. The van der Waals surface area contributed by atoms with Crippen LogP contribution in [0.25, 0.3) is 10.1 Å². The molecule has 174 valence electrons. The number of halogens is 3. The number of thiophene rings is 1. The van der Waals surface area contributed by atoms with Crippen molar-refractivity contribution in [2.24, 2.45) is 0 Å². The van der Waals surface area contributed by atoms with Gasteiger partial charge in [0.05, 0.1) is 18.8 Å². The van der Waals surface area contributed by atoms with Gasteiger partial charge in [-0.15, -0.1) is 0 Å². The lowest BCUT2D eigenvalue weighted by Crippen LogP contribution is -2.46. The molecule has 0 saturated carbocycles. The van der Waals surface area contributed by atoms with Crippen molar-refractivity contribution in [1.82, 2.24) is 4.90 Å². The molecule has 2 aliphatic heterocycles. The van der Waals surface area contributed by atoms with Gasteiger partial charge in [0.25, 0.3) is 5.91 Å². The van der Waals surface area contributed by atoms with Crippen molar-refractivity contribution >= 4 is 27.3 Å². The largest absolute Gasteiger partial charge is 0.481 e. The highest BCUT2D eigenvalue weighted by atomic mass is 32.1. The summed E-state index contributed by atoms with van der Waals surface area (Å²) in [4.78, 5) is 14.6. The molecule has 0 spiro atoms. The number of piperidine rings is 1. The van der Waals surface area contributed by atoms with Crippen molar-refractivity contribution in [2.45, 2.75) is 30.7 Å². The Bertz CT molecular complexity index is 1160. The van der Waals surface area contributed by atoms with E-state index in [2.05, 4.69) is 0 Å². The number of carbonyl (C=O) groups excluding carboxylic acids is 1. The maximum atomic E-state index is 12.9. The first-order valence-electron chi connectivity index (χ1n) is 10.7. The van der Waals surface area contributed by atoms with Crippen molar-refractivity contribution in [3.8, 4) is 5.06 Å². The average molecular weight is 478 g/mol. The third-order valence-corrected chi connectivity index (χ3v) is 7.18. The maximum absolute atomic E-state index is 12.9. The van der Waals surface area contributed by atoms with Crippen molar-refractivity contribution in [1.29, 1.82) is 0 Å². The molecule has 0 aliphatic carbocycles. The Morgan fingerprint density at radius 3 is 2.39 bits per heavy atom. The zero-order chi connectivity index (χ0) is 23.2. The Hall–Kier alpha value is -2.62. The van der Waals surface area contributed by atoms with E-state index in [9.17, 15) is 23.1 Å². The van der Waals surface area contributed by atoms with Crippen LogP contribution in [0.15, 0.2) is 48.5 Å². The standard InChI is InChI=1S/C24H22F3NO4S/c25-24(26,27)18-6-3-16-11-21(33-20(16)12-18)32-19-7-9-28(10-8-19)22(29)15-1-4-17(5-2-15)23(30)13-31-14-23/h1-6,11-12,19,30H,7-10,13-14H2. The molecule has 33 heavy (non-hydrogen) atoms. The van der Waals surface area contributed by atoms with Crippen LogP contribution in [0.1, 0.15) is 34.3 Å². The number of fused-ring (bicyclic) bond motifs is 1. The second-order valence-electron chi connectivity index (χ2n) is 8.53. The van der Waals surface area contributed by atoms with E-state index < -0.39 is 17.3 Å². The summed E-state index contributed by atoms with van der Waals surface area (Å²) in [6, 6.07) is 12.4. The van der Waals surface area contributed by atoms with Crippen LogP contribution in [0.4, 0.5) is 13.2 Å². The summed E-state index contributed by atoms with van der Waals surface area (Å²) in [6.07, 6.45) is -3.19. The van der Waals surface area contributed by atoms with E-state index in [0.717, 1.165) is 23.1 Å². The topological polar surface area (TPSA) is 59.0 Å². The number of hydrogen-bond donors (Lipinski definition) is 1. The Balaban J connectivity index is 1.18. The fourth-order valence-corrected chi connectivity index (χ4v) is 5.17. The van der Waals surface area contributed by atoms with Crippen molar-refractivity contribution < 1.29 is 32.5 Å². The van der Waals surface area contributed by atoms with Gasteiger partial charge in [-0.3, -0.25) is 4.79 Å². The van der Waals surface area contributed by atoms with Crippen molar-refractivity contribution in [3.05, 3.63) is 65.2 Å². The summed E-state index contributed by atoms with van der Waals surface area (Å²) < 4.78 is 50.4. The fourth-order valence-electron chi connectivity index (χ4n) is 4.15. The predicted octanol–water partition coefficient (Wildman–Crippen LogP) is 4.82. The highest BCUT2D eigenvalue weighted by Gasteiger charge is 2.38. The van der Waals surface area contributed by atoms with Crippen LogP contribution < -0.4 is 4.74 Å². The van der Waals surface area contributed by atoms with E-state index in [0.29, 0.717) is 41.3 Å². The normalized spacial score (nSPS) is 18.8. The van der Waals surface area contributed by atoms with Gasteiger partial charge in [0.1, 0.15) is 11.7 Å². The lowest BCUT2D eigenvalue weighted by atomic mass is 9.91. The van der Waals surface area contributed by atoms with Crippen LogP contribution >= 0.6 is 11.3 Å². The molecule has 0 radical (unpaired) electrons. The number of ether oxygens (including phenoxy) is 2. The van der Waals surface area contributed by atoms with E-state index in [1.54, 1.807) is 35.2 Å². The maximum Gasteiger partial charge on any atom is 0.416 e. The number of benzene rings is 2. The molecular formula is C24H22F3NO4S. The van der Waals surface area contributed by atoms with Crippen LogP contribution in [0.2, 0.25) is 0 Å². The minimum atomic E-state index is -4.37. The van der Waals surface area contributed by atoms with Crippen LogP contribution in [0.3, 0.4) is 0 Å². The van der Waals surface area contributed by atoms with Gasteiger partial charge in [0.2, 0.25) is 0 Å². The number of carbonyl (C=O) groups is 1. The molecule has 0 atom stereocenters. The number of hydrogen-bond acceptors (Lipinski definition) is 5. The lowest BCUT2D eigenvalue weighted by Gasteiger charge is -2.36. The van der Waals surface area contributed by atoms with Gasteiger partial charge in [-0.05, 0) is 41.3 Å². The molecule has 2 aliphatic rings. The first kappa shape index (κ1) is 22.2. The van der Waals surface area contributed by atoms with E-state index in [1.807, 2.05) is 0 Å². The van der Waals surface area contributed by atoms with Crippen LogP contribution in [0, 0.1) is 0 Å². The van der Waals surface area contributed by atoms with Crippen molar-refractivity contribution in [2.75, 3.05) is 26.3 Å². The molecule has 2 fully saturated rings. The van der Waals surface area contributed by atoms with E-state index in [4.69, 9.17) is 9.47 Å². The minimum Gasteiger partial charge on any atom is -0.481 e. The Kier molecular flexibility index (Phi) is 5.58. The summed E-state index contributed by atoms with van der Waals surface area (Å²) in [5.74, 6) is -0.0709. The number of aliphatic hydroxyl groups is 1. The quantitative estimate of drug-likeness (QED) is 0.585. The van der Waals surface area contributed by atoms with Gasteiger partial charge in [0.15, 0.2) is 5.06 Å². The Morgan fingerprint density at radius 2 is 1.79 bits per heavy atom. The van der Waals surface area contributed by atoms with E-state index in [1.165, 1.54) is 17.4 Å². The number of rotatable bonds is 4. The third kappa shape index (κ3) is 4.45. The Labute approximate surface area is 192 Å². The molecule has 5 rings (SSSR count). The second kappa shape index (κ2) is 8.30. The third-order valence-electron chi connectivity index (χ3n) is 6.19. The highest BCUT2D eigenvalue weighted by Crippen LogP contribution is 2.38. The number of likely N-dealkylation sites (tertiary alicyclic amines) is 1. The molecule has 9 heteroatoms. The average Bonchev–Trinajstić information content (AvgIpc) is 3.18. The van der Waals surface area contributed by atoms with Crippen LogP contribution in [-0.2, 0) is 16.5 Å². The smallest absolute Gasteiger partial charge is 0.416 e. The molecule has 3 aromatic rings. The molecule has 5 nitrogen and oxygen atoms in total. The van der Waals surface area contributed by atoms with Gasteiger partial charge < -0.3 is 19.5 Å². The van der Waals surface area contributed by atoms with Crippen molar-refractivity contribution in [3.63, 3.8) is 0 Å². The number of amides is 1. The molecule has 2 saturated heterocycles. The summed E-state index contributed by atoms with van der Waals surface area (Å²) in [5.41, 5.74) is -0.327. The second-order valence-corrected chi connectivity index (χ2v) is 9.57. The summed E-state index contributed by atoms with van der Waals surface area (Å²) in [7, 11) is 0. The van der Waals surface area contributed by atoms with Gasteiger partial charge in [-0.25, -0.2) is 0 Å². The summed E-state index contributed by atoms with van der Waals surface area (Å²) in [6.45, 7) is 1.59. The first-order chi connectivity index (χ1) is 15.7. The fraction of sp³-hybridized carbons (Fsp3) is 0.375. The molecule has 1 N–H and O–H groups in total. The molecule has 0 bridgehead atoms.